The van der Waals surface area contributed by atoms with Crippen LogP contribution in [0.4, 0.5) is 30.7 Å². The van der Waals surface area contributed by atoms with E-state index in [0.717, 1.165) is 6.07 Å². The van der Waals surface area contributed by atoms with Gasteiger partial charge < -0.3 is 0 Å². The summed E-state index contributed by atoms with van der Waals surface area (Å²) < 4.78 is 84.8. The number of hydrogen-bond donors (Lipinski definition) is 0. The van der Waals surface area contributed by atoms with Gasteiger partial charge in [0.1, 0.15) is 5.56 Å². The van der Waals surface area contributed by atoms with Crippen LogP contribution in [0, 0.1) is 29.3 Å². The largest absolute Gasteiger partial charge is 0.422 e. The van der Waals surface area contributed by atoms with E-state index < -0.39 is 35.0 Å². The highest BCUT2D eigenvalue weighted by molar-refractivity contribution is 5.24. The Balaban J connectivity index is 3.56. The molecule has 1 rings (SSSR count). The Morgan fingerprint density at radius 1 is 0.786 bits per heavy atom. The minimum Gasteiger partial charge on any atom is -0.203 e. The van der Waals surface area contributed by atoms with Crippen molar-refractivity contribution in [3.05, 3.63) is 34.9 Å². The van der Waals surface area contributed by atoms with Crippen LogP contribution in [-0.4, -0.2) is 0 Å². The molecular weight excluding hydrogens is 217 g/mol. The molecule has 0 atom stereocenters. The molecule has 0 heterocycles. The molecule has 0 amide bonds. The smallest absolute Gasteiger partial charge is 0.203 e. The van der Waals surface area contributed by atoms with Gasteiger partial charge >= 0.3 is 6.18 Å². The van der Waals surface area contributed by atoms with Crippen molar-refractivity contribution in [1.82, 2.24) is 0 Å². The van der Waals surface area contributed by atoms with E-state index in [-0.39, 0.29) is 0 Å². The second kappa shape index (κ2) is 3.14. The van der Waals surface area contributed by atoms with Crippen molar-refractivity contribution < 1.29 is 30.7 Å². The standard InChI is InChI=1S/C7F7/c8-2-1-3(9)6(11)4(5(2)10)7(12,13)14. The molecule has 0 bridgehead atoms. The average Bonchev–Trinajstić information content (AvgIpc) is 1.98. The summed E-state index contributed by atoms with van der Waals surface area (Å²) >= 11 is 0. The van der Waals surface area contributed by atoms with Gasteiger partial charge in [0.2, 0.25) is 0 Å². The third-order valence-corrected chi connectivity index (χ3v) is 1.33. The van der Waals surface area contributed by atoms with E-state index in [4.69, 9.17) is 0 Å². The monoisotopic (exact) mass is 217 g/mol. The van der Waals surface area contributed by atoms with E-state index in [1.54, 1.807) is 0 Å². The molecule has 1 aromatic rings. The Kier molecular flexibility index (Phi) is 2.43. The van der Waals surface area contributed by atoms with Crippen LogP contribution in [0.15, 0.2) is 0 Å². The van der Waals surface area contributed by atoms with E-state index in [0.29, 0.717) is 0 Å². The molecule has 0 aliphatic heterocycles. The number of rotatable bonds is 0. The molecule has 7 heteroatoms. The number of benzene rings is 1. The topological polar surface area (TPSA) is 0 Å². The summed E-state index contributed by atoms with van der Waals surface area (Å²) in [5, 5.41) is 0. The van der Waals surface area contributed by atoms with Gasteiger partial charge in [0.25, 0.3) is 0 Å². The predicted octanol–water partition coefficient (Wildman–Crippen LogP) is 3.06. The van der Waals surface area contributed by atoms with Gasteiger partial charge in [0.15, 0.2) is 23.3 Å². The maximum absolute atomic E-state index is 12.4. The Morgan fingerprint density at radius 3 is 1.43 bits per heavy atom. The molecule has 0 saturated carbocycles. The first-order valence-corrected chi connectivity index (χ1v) is 3.07. The van der Waals surface area contributed by atoms with E-state index in [1.807, 2.05) is 0 Å². The highest BCUT2D eigenvalue weighted by atomic mass is 19.4. The number of hydrogen-bond acceptors (Lipinski definition) is 0. The SMILES string of the molecule is Fc1[c]c(F)c(F)c(C(F)(F)F)c1F. The lowest BCUT2D eigenvalue weighted by atomic mass is 10.1. The van der Waals surface area contributed by atoms with E-state index in [9.17, 15) is 30.7 Å². The van der Waals surface area contributed by atoms with Gasteiger partial charge in [-0.1, -0.05) is 0 Å². The lowest BCUT2D eigenvalue weighted by molar-refractivity contribution is -0.143. The molecule has 0 nitrogen and oxygen atoms in total. The molecule has 77 valence electrons. The van der Waals surface area contributed by atoms with E-state index >= 15 is 0 Å². The Hall–Kier alpha value is -1.27. The molecule has 0 fully saturated rings. The molecule has 0 saturated heterocycles. The van der Waals surface area contributed by atoms with Crippen LogP contribution in [0.25, 0.3) is 0 Å². The van der Waals surface area contributed by atoms with Crippen LogP contribution >= 0.6 is 0 Å². The molecule has 0 N–H and O–H groups in total. The minimum absolute atomic E-state index is 0.836. The van der Waals surface area contributed by atoms with Gasteiger partial charge in [-0.3, -0.25) is 0 Å². The molecule has 0 unspecified atom stereocenters. The molecule has 0 aliphatic carbocycles. The molecular formula is C7F7. The van der Waals surface area contributed by atoms with Crippen LogP contribution < -0.4 is 0 Å². The van der Waals surface area contributed by atoms with E-state index in [2.05, 4.69) is 0 Å². The van der Waals surface area contributed by atoms with Crippen LogP contribution in [0.3, 0.4) is 0 Å². The summed E-state index contributed by atoms with van der Waals surface area (Å²) in [7, 11) is 0. The van der Waals surface area contributed by atoms with E-state index in [1.165, 1.54) is 0 Å². The first-order chi connectivity index (χ1) is 6.25. The lowest BCUT2D eigenvalue weighted by Gasteiger charge is -2.09. The van der Waals surface area contributed by atoms with Crippen LogP contribution in [0.5, 0.6) is 0 Å². The number of halogens is 7. The highest BCUT2D eigenvalue weighted by Crippen LogP contribution is 2.34. The van der Waals surface area contributed by atoms with Crippen molar-refractivity contribution in [3.8, 4) is 0 Å². The summed E-state index contributed by atoms with van der Waals surface area (Å²) in [6.07, 6.45) is -5.50. The third kappa shape index (κ3) is 1.66. The van der Waals surface area contributed by atoms with Gasteiger partial charge in [-0.2, -0.15) is 13.2 Å². The fourth-order valence-corrected chi connectivity index (χ4v) is 0.771. The summed E-state index contributed by atoms with van der Waals surface area (Å²) in [5.41, 5.74) is -2.59. The Bertz CT molecular complexity index is 339. The normalized spacial score (nSPS) is 11.9. The fourth-order valence-electron chi connectivity index (χ4n) is 0.771. The third-order valence-electron chi connectivity index (χ3n) is 1.33. The second-order valence-corrected chi connectivity index (χ2v) is 2.25. The van der Waals surface area contributed by atoms with Crippen LogP contribution in [0.2, 0.25) is 0 Å². The van der Waals surface area contributed by atoms with Gasteiger partial charge in [-0.15, -0.1) is 0 Å². The first-order valence-electron chi connectivity index (χ1n) is 3.07. The highest BCUT2D eigenvalue weighted by Gasteiger charge is 2.40. The quantitative estimate of drug-likeness (QED) is 0.462. The molecule has 1 aromatic carbocycles. The lowest BCUT2D eigenvalue weighted by Crippen LogP contribution is -2.14. The summed E-state index contributed by atoms with van der Waals surface area (Å²) in [4.78, 5) is 0. The van der Waals surface area contributed by atoms with Crippen molar-refractivity contribution in [2.75, 3.05) is 0 Å². The predicted molar refractivity (Wildman–Crippen MR) is 30.1 cm³/mol. The maximum Gasteiger partial charge on any atom is 0.422 e. The fraction of sp³-hybridized carbons (Fsp3) is 0.143. The second-order valence-electron chi connectivity index (χ2n) is 2.25. The zero-order chi connectivity index (χ0) is 11.1. The summed E-state index contributed by atoms with van der Waals surface area (Å²) in [6.45, 7) is 0. The molecule has 0 aromatic heterocycles. The van der Waals surface area contributed by atoms with Gasteiger partial charge in [-0.25, -0.2) is 17.6 Å². The molecule has 14 heavy (non-hydrogen) atoms. The maximum atomic E-state index is 12.4. The van der Waals surface area contributed by atoms with Crippen molar-refractivity contribution in [1.29, 1.82) is 0 Å². The van der Waals surface area contributed by atoms with Crippen LogP contribution in [-0.2, 0) is 6.18 Å². The molecule has 0 spiro atoms. The van der Waals surface area contributed by atoms with Crippen molar-refractivity contribution in [3.63, 3.8) is 0 Å². The summed E-state index contributed by atoms with van der Waals surface area (Å²) in [6, 6.07) is 0.836. The van der Waals surface area contributed by atoms with Gasteiger partial charge in [-0.05, 0) is 0 Å². The van der Waals surface area contributed by atoms with Gasteiger partial charge in [0, 0.05) is 0 Å². The average molecular weight is 217 g/mol. The van der Waals surface area contributed by atoms with Crippen LogP contribution in [0.1, 0.15) is 5.56 Å². The molecule has 1 radical (unpaired) electrons. The zero-order valence-electron chi connectivity index (χ0n) is 6.15. The first kappa shape index (κ1) is 10.8. The molecule has 0 aliphatic rings. The van der Waals surface area contributed by atoms with Crippen molar-refractivity contribution >= 4 is 0 Å². The number of alkyl halides is 3. The zero-order valence-corrected chi connectivity index (χ0v) is 6.15. The van der Waals surface area contributed by atoms with Gasteiger partial charge in [0.05, 0.1) is 6.07 Å². The van der Waals surface area contributed by atoms with Crippen molar-refractivity contribution in [2.45, 2.75) is 6.18 Å². The minimum atomic E-state index is -5.50. The summed E-state index contributed by atoms with van der Waals surface area (Å²) in [5.74, 6) is -9.43. The Morgan fingerprint density at radius 2 is 1.14 bits per heavy atom. The van der Waals surface area contributed by atoms with Crippen molar-refractivity contribution in [2.24, 2.45) is 0 Å². The Labute approximate surface area is 73.0 Å².